The number of anilines is 1. The number of aromatic nitrogens is 4. The summed E-state index contributed by atoms with van der Waals surface area (Å²) in [4.78, 5) is 35.9. The highest BCUT2D eigenvalue weighted by molar-refractivity contribution is 7.56. The largest absolute Gasteiger partial charge is 0.479 e. The second-order valence-electron chi connectivity index (χ2n) is 4.79. The lowest BCUT2D eigenvalue weighted by atomic mass is 10.1. The Morgan fingerprint density at radius 3 is 2.91 bits per heavy atom. The summed E-state index contributed by atoms with van der Waals surface area (Å²) in [5.74, 6) is 0.240. The van der Waals surface area contributed by atoms with Crippen LogP contribution in [0.3, 0.4) is 0 Å². The van der Waals surface area contributed by atoms with Gasteiger partial charge in [0.2, 0.25) is 11.1 Å². The molecule has 0 saturated heterocycles. The molecule has 11 heteroatoms. The molecule has 0 fully saturated rings. The molecule has 0 radical (unpaired) electrons. The van der Waals surface area contributed by atoms with Gasteiger partial charge < -0.3 is 25.1 Å². The smallest absolute Gasteiger partial charge is 0.390 e. The molecule has 3 rings (SSSR count). The Morgan fingerprint density at radius 1 is 1.45 bits per heavy atom. The summed E-state index contributed by atoms with van der Waals surface area (Å²) in [5.41, 5.74) is 6.18. The van der Waals surface area contributed by atoms with E-state index in [1.54, 1.807) is 6.92 Å². The minimum Gasteiger partial charge on any atom is -0.479 e. The monoisotopic (exact) mass is 327 g/mol. The molecule has 118 valence electrons. The van der Waals surface area contributed by atoms with Crippen molar-refractivity contribution in [1.82, 2.24) is 19.7 Å². The van der Waals surface area contributed by atoms with Gasteiger partial charge in [-0.15, -0.1) is 0 Å². The van der Waals surface area contributed by atoms with Gasteiger partial charge >= 0.3 is 7.60 Å². The zero-order valence-corrected chi connectivity index (χ0v) is 12.4. The van der Waals surface area contributed by atoms with Gasteiger partial charge in [-0.25, -0.2) is 15.0 Å². The number of hydrogen-bond donors (Lipinski definition) is 3. The van der Waals surface area contributed by atoms with E-state index < -0.39 is 19.8 Å². The zero-order valence-electron chi connectivity index (χ0n) is 11.5. The molecule has 0 saturated carbocycles. The van der Waals surface area contributed by atoms with E-state index in [2.05, 4.69) is 15.0 Å². The molecule has 1 aliphatic heterocycles. The van der Waals surface area contributed by atoms with Crippen molar-refractivity contribution in [2.24, 2.45) is 0 Å². The lowest BCUT2D eigenvalue weighted by Gasteiger charge is -2.29. The minimum atomic E-state index is -4.39. The van der Waals surface area contributed by atoms with Crippen molar-refractivity contribution in [2.75, 3.05) is 5.73 Å². The number of fused-ring (bicyclic) bond motifs is 1. The highest BCUT2D eigenvalue weighted by Crippen LogP contribution is 2.47. The fourth-order valence-electron chi connectivity index (χ4n) is 2.09. The summed E-state index contributed by atoms with van der Waals surface area (Å²) < 4.78 is 17.8. The van der Waals surface area contributed by atoms with E-state index >= 15 is 0 Å². The van der Waals surface area contributed by atoms with Crippen LogP contribution in [0.4, 0.5) is 5.82 Å². The van der Waals surface area contributed by atoms with E-state index in [4.69, 9.17) is 25.1 Å². The molecule has 2 atom stereocenters. The molecule has 0 amide bonds. The second kappa shape index (κ2) is 5.24. The molecule has 2 aromatic heterocycles. The molecule has 2 aromatic rings. The Labute approximate surface area is 124 Å². The van der Waals surface area contributed by atoms with E-state index in [9.17, 15) is 4.57 Å². The van der Waals surface area contributed by atoms with E-state index in [0.717, 1.165) is 0 Å². The Balaban J connectivity index is 1.83. The molecule has 4 N–H and O–H groups in total. The molecule has 0 aromatic carbocycles. The maximum Gasteiger partial charge on any atom is 0.390 e. The van der Waals surface area contributed by atoms with Crippen LogP contribution >= 0.6 is 7.60 Å². The Bertz CT molecular complexity index is 784. The van der Waals surface area contributed by atoms with Gasteiger partial charge in [-0.2, -0.15) is 4.73 Å². The number of imidazole rings is 1. The molecular formula is C11H14N5O5P. The summed E-state index contributed by atoms with van der Waals surface area (Å²) in [6.07, 6.45) is 3.31. The number of nitrogen functional groups attached to an aromatic ring is 1. The van der Waals surface area contributed by atoms with Crippen LogP contribution in [-0.4, -0.2) is 41.7 Å². The average Bonchev–Trinajstić information content (AvgIpc) is 2.85. The topological polar surface area (TPSA) is 146 Å². The Hall–Kier alpha value is -2.16. The molecule has 0 spiro atoms. The summed E-state index contributed by atoms with van der Waals surface area (Å²) in [6, 6.07) is 0. The summed E-state index contributed by atoms with van der Waals surface area (Å²) in [5, 5.41) is 0. The molecular weight excluding hydrogens is 313 g/mol. The predicted molar refractivity (Wildman–Crippen MR) is 75.4 cm³/mol. The molecule has 3 heterocycles. The first-order chi connectivity index (χ1) is 10.4. The third-order valence-electron chi connectivity index (χ3n) is 3.22. The summed E-state index contributed by atoms with van der Waals surface area (Å²) in [6.45, 7) is 1.66. The van der Waals surface area contributed by atoms with Crippen LogP contribution in [0.15, 0.2) is 24.2 Å². The minimum absolute atomic E-state index is 0.240. The fourth-order valence-corrected chi connectivity index (χ4v) is 2.74. The van der Waals surface area contributed by atoms with E-state index in [0.29, 0.717) is 11.2 Å². The Morgan fingerprint density at radius 2 is 2.23 bits per heavy atom. The van der Waals surface area contributed by atoms with Gasteiger partial charge in [0.25, 0.3) is 0 Å². The van der Waals surface area contributed by atoms with Crippen molar-refractivity contribution < 1.29 is 23.9 Å². The Kier molecular flexibility index (Phi) is 3.51. The highest BCUT2D eigenvalue weighted by atomic mass is 31.2. The molecule has 0 unspecified atom stereocenters. The molecule has 10 nitrogen and oxygen atoms in total. The van der Waals surface area contributed by atoms with Crippen molar-refractivity contribution in [3.05, 3.63) is 24.2 Å². The van der Waals surface area contributed by atoms with Crippen molar-refractivity contribution >= 4 is 24.6 Å². The van der Waals surface area contributed by atoms with Gasteiger partial charge in [-0.3, -0.25) is 4.57 Å². The quantitative estimate of drug-likeness (QED) is 0.664. The van der Waals surface area contributed by atoms with Crippen LogP contribution in [0.5, 0.6) is 0 Å². The maximum absolute atomic E-state index is 11.2. The van der Waals surface area contributed by atoms with Crippen LogP contribution in [0.1, 0.15) is 13.3 Å². The number of nitrogens with two attached hydrogens (primary N) is 1. The van der Waals surface area contributed by atoms with Gasteiger partial charge in [0.05, 0.1) is 0 Å². The lowest BCUT2D eigenvalue weighted by Crippen LogP contribution is -2.38. The predicted octanol–water partition coefficient (Wildman–Crippen LogP) is 0.0336. The lowest BCUT2D eigenvalue weighted by molar-refractivity contribution is -0.0509. The van der Waals surface area contributed by atoms with Crippen LogP contribution in [0, 0.1) is 0 Å². The first kappa shape index (κ1) is 14.8. The molecule has 0 bridgehead atoms. The first-order valence-electron chi connectivity index (χ1n) is 6.40. The standard InChI is InChI=1S/C11H14N5O5P/c1-6-7(2-3-8(20-6)22(17,18)19)21-16-5-15-9-10(12)13-4-14-11(9)16/h3-7H,2H2,1H3,(H2,12,13,14)(H2,17,18,19)/t6-,7-/m0/s1. The third kappa shape index (κ3) is 2.63. The van der Waals surface area contributed by atoms with Gasteiger partial charge in [0.15, 0.2) is 17.4 Å². The van der Waals surface area contributed by atoms with Crippen molar-refractivity contribution in [2.45, 2.75) is 25.6 Å². The highest BCUT2D eigenvalue weighted by Gasteiger charge is 2.33. The normalized spacial score (nSPS) is 22.2. The number of nitrogens with zero attached hydrogens (tertiary/aromatic N) is 4. The van der Waals surface area contributed by atoms with Crippen LogP contribution in [0.2, 0.25) is 0 Å². The zero-order chi connectivity index (χ0) is 15.9. The third-order valence-corrected chi connectivity index (χ3v) is 4.08. The summed E-state index contributed by atoms with van der Waals surface area (Å²) >= 11 is 0. The van der Waals surface area contributed by atoms with Crippen molar-refractivity contribution in [3.63, 3.8) is 0 Å². The SMILES string of the molecule is C[C@@H]1OC(P(=O)(O)O)=CC[C@@H]1On1cnc2c(N)ncnc21. The van der Waals surface area contributed by atoms with Crippen LogP contribution in [-0.2, 0) is 9.30 Å². The van der Waals surface area contributed by atoms with Crippen molar-refractivity contribution in [3.8, 4) is 0 Å². The van der Waals surface area contributed by atoms with Gasteiger partial charge in [0.1, 0.15) is 18.8 Å². The maximum atomic E-state index is 11.2. The first-order valence-corrected chi connectivity index (χ1v) is 8.01. The van der Waals surface area contributed by atoms with Gasteiger partial charge in [-0.1, -0.05) is 0 Å². The van der Waals surface area contributed by atoms with Gasteiger partial charge in [0, 0.05) is 6.42 Å². The van der Waals surface area contributed by atoms with Crippen LogP contribution in [0.25, 0.3) is 11.2 Å². The van der Waals surface area contributed by atoms with E-state index in [1.807, 2.05) is 0 Å². The summed E-state index contributed by atoms with van der Waals surface area (Å²) in [7, 11) is -4.39. The number of hydrogen-bond acceptors (Lipinski definition) is 7. The van der Waals surface area contributed by atoms with Gasteiger partial charge in [-0.05, 0) is 13.0 Å². The van der Waals surface area contributed by atoms with Crippen molar-refractivity contribution in [1.29, 1.82) is 0 Å². The number of ether oxygens (including phenoxy) is 1. The average molecular weight is 327 g/mol. The van der Waals surface area contributed by atoms with Crippen LogP contribution < -0.4 is 10.6 Å². The molecule has 0 aliphatic carbocycles. The molecule has 22 heavy (non-hydrogen) atoms. The van der Waals surface area contributed by atoms with E-state index in [-0.39, 0.29) is 17.7 Å². The fraction of sp³-hybridized carbons (Fsp3) is 0.364. The number of rotatable bonds is 3. The van der Waals surface area contributed by atoms with E-state index in [1.165, 1.54) is 23.5 Å². The second-order valence-corrected chi connectivity index (χ2v) is 6.32. The molecule has 1 aliphatic rings.